The van der Waals surface area contributed by atoms with Crippen molar-refractivity contribution in [1.29, 1.82) is 0 Å². The average molecular weight is 429 g/mol. The van der Waals surface area contributed by atoms with E-state index >= 15 is 0 Å². The molecule has 0 amide bonds. The molecule has 1 aromatic rings. The zero-order valence-electron chi connectivity index (χ0n) is 18.8. The predicted octanol–water partition coefficient (Wildman–Crippen LogP) is 6.27. The van der Waals surface area contributed by atoms with E-state index < -0.39 is 0 Å². The summed E-state index contributed by atoms with van der Waals surface area (Å²) >= 11 is 0. The number of ketones is 1. The Morgan fingerprint density at radius 3 is 2.42 bits per heavy atom. The van der Waals surface area contributed by atoms with Crippen molar-refractivity contribution in [1.82, 2.24) is 0 Å². The van der Waals surface area contributed by atoms with Gasteiger partial charge in [-0.05, 0) is 66.4 Å². The van der Waals surface area contributed by atoms with E-state index in [1.807, 2.05) is 13.0 Å². The molecule has 168 valence electrons. The van der Waals surface area contributed by atoms with Gasteiger partial charge < -0.3 is 19.5 Å². The highest BCUT2D eigenvalue weighted by Gasteiger charge is 2.29. The van der Waals surface area contributed by atoms with Gasteiger partial charge >= 0.3 is 5.95 Å². The van der Waals surface area contributed by atoms with Crippen molar-refractivity contribution >= 4 is 5.78 Å². The third kappa shape index (κ3) is 7.03. The molecule has 0 unspecified atom stereocenters. The molecule has 0 spiro atoms. The van der Waals surface area contributed by atoms with E-state index in [0.29, 0.717) is 12.0 Å². The van der Waals surface area contributed by atoms with Crippen molar-refractivity contribution in [3.63, 3.8) is 0 Å². The van der Waals surface area contributed by atoms with Gasteiger partial charge in [0.25, 0.3) is 0 Å². The SMILES string of the molecule is C=C(OO)Oc1cc2c(c(O)c1C/C=C(/C)CC/C=C(\C)CCC=C(C)C)C(=O)CO2. The summed E-state index contributed by atoms with van der Waals surface area (Å²) in [6, 6.07) is 1.50. The molecule has 0 atom stereocenters. The van der Waals surface area contributed by atoms with Crippen LogP contribution >= 0.6 is 0 Å². The Morgan fingerprint density at radius 2 is 1.77 bits per heavy atom. The highest BCUT2D eigenvalue weighted by atomic mass is 17.1. The Labute approximate surface area is 184 Å². The Hall–Kier alpha value is -2.99. The van der Waals surface area contributed by atoms with Crippen LogP contribution in [-0.2, 0) is 11.3 Å². The van der Waals surface area contributed by atoms with Crippen LogP contribution in [0.4, 0.5) is 0 Å². The van der Waals surface area contributed by atoms with Crippen molar-refractivity contribution < 1.29 is 29.5 Å². The fraction of sp³-hybridized carbons (Fsp3) is 0.400. The van der Waals surface area contributed by atoms with Crippen LogP contribution in [0.3, 0.4) is 0 Å². The number of hydrogen-bond acceptors (Lipinski definition) is 6. The van der Waals surface area contributed by atoms with E-state index in [-0.39, 0.29) is 41.1 Å². The summed E-state index contributed by atoms with van der Waals surface area (Å²) in [5.41, 5.74) is 4.42. The minimum Gasteiger partial charge on any atom is -0.507 e. The maximum absolute atomic E-state index is 12.1. The van der Waals surface area contributed by atoms with Crippen molar-refractivity contribution in [3.8, 4) is 17.2 Å². The molecule has 6 nitrogen and oxygen atoms in total. The highest BCUT2D eigenvalue weighted by molar-refractivity contribution is 6.05. The Kier molecular flexibility index (Phi) is 8.94. The Bertz CT molecular complexity index is 916. The minimum absolute atomic E-state index is 0.128. The van der Waals surface area contributed by atoms with Crippen molar-refractivity contribution in [3.05, 3.63) is 64.7 Å². The summed E-state index contributed by atoms with van der Waals surface area (Å²) in [4.78, 5) is 16.1. The number of benzene rings is 1. The zero-order valence-corrected chi connectivity index (χ0v) is 18.8. The topological polar surface area (TPSA) is 85.2 Å². The molecule has 0 fully saturated rings. The molecule has 1 aliphatic rings. The number of carbonyl (C=O) groups is 1. The second-order valence-electron chi connectivity index (χ2n) is 8.02. The third-order valence-electron chi connectivity index (χ3n) is 5.07. The summed E-state index contributed by atoms with van der Waals surface area (Å²) in [5, 5.41) is 19.4. The van der Waals surface area contributed by atoms with Gasteiger partial charge in [-0.15, -0.1) is 0 Å². The van der Waals surface area contributed by atoms with E-state index in [2.05, 4.69) is 44.4 Å². The molecular weight excluding hydrogens is 396 g/mol. The first-order valence-corrected chi connectivity index (χ1v) is 10.4. The molecule has 0 aliphatic carbocycles. The summed E-state index contributed by atoms with van der Waals surface area (Å²) < 4.78 is 10.7. The number of ether oxygens (including phenoxy) is 2. The Balaban J connectivity index is 2.09. The van der Waals surface area contributed by atoms with Crippen LogP contribution in [0.5, 0.6) is 17.2 Å². The zero-order chi connectivity index (χ0) is 23.0. The fourth-order valence-corrected chi connectivity index (χ4v) is 3.31. The van der Waals surface area contributed by atoms with Gasteiger partial charge in [0, 0.05) is 11.6 Å². The molecule has 0 saturated heterocycles. The smallest absolute Gasteiger partial charge is 0.314 e. The standard InChI is InChI=1S/C25H32O6/c1-16(2)8-6-9-17(3)10-7-11-18(4)12-13-20-22(30-19(5)31-28)14-23-24(25(20)27)21(26)15-29-23/h8,10,12,14,27-28H,5-7,9,11,13,15H2,1-4H3/b17-10+,18-12-. The molecule has 0 radical (unpaired) electrons. The molecule has 2 rings (SSSR count). The van der Waals surface area contributed by atoms with Gasteiger partial charge in [-0.3, -0.25) is 4.79 Å². The van der Waals surface area contributed by atoms with Gasteiger partial charge in [0.05, 0.1) is 0 Å². The number of rotatable bonds is 11. The van der Waals surface area contributed by atoms with Crippen LogP contribution in [0.2, 0.25) is 0 Å². The lowest BCUT2D eigenvalue weighted by molar-refractivity contribution is -0.230. The number of carbonyl (C=O) groups excluding carboxylic acids is 1. The first-order chi connectivity index (χ1) is 14.7. The minimum atomic E-state index is -0.348. The third-order valence-corrected chi connectivity index (χ3v) is 5.07. The maximum Gasteiger partial charge on any atom is 0.314 e. The number of fused-ring (bicyclic) bond motifs is 1. The second-order valence-corrected chi connectivity index (χ2v) is 8.02. The summed E-state index contributed by atoms with van der Waals surface area (Å²) in [5.74, 6) is -0.364. The van der Waals surface area contributed by atoms with Crippen LogP contribution in [0, 0.1) is 0 Å². The fourth-order valence-electron chi connectivity index (χ4n) is 3.31. The molecule has 0 saturated carbocycles. The molecule has 1 heterocycles. The molecule has 0 bridgehead atoms. The van der Waals surface area contributed by atoms with Crippen LogP contribution in [0.1, 0.15) is 69.3 Å². The first kappa shape index (κ1) is 24.3. The molecule has 0 aromatic heterocycles. The Morgan fingerprint density at radius 1 is 1.13 bits per heavy atom. The number of hydrogen-bond donors (Lipinski definition) is 2. The molecule has 6 heteroatoms. The van der Waals surface area contributed by atoms with E-state index in [1.54, 1.807) is 0 Å². The van der Waals surface area contributed by atoms with E-state index in [9.17, 15) is 9.90 Å². The summed E-state index contributed by atoms with van der Waals surface area (Å²) in [7, 11) is 0. The lowest BCUT2D eigenvalue weighted by atomic mass is 10.00. The van der Waals surface area contributed by atoms with Gasteiger partial charge in [0.15, 0.2) is 6.61 Å². The van der Waals surface area contributed by atoms with Crippen molar-refractivity contribution in [2.75, 3.05) is 6.61 Å². The average Bonchev–Trinajstić information content (AvgIpc) is 3.08. The second kappa shape index (κ2) is 11.4. The van der Waals surface area contributed by atoms with Crippen molar-refractivity contribution in [2.45, 2.75) is 59.8 Å². The van der Waals surface area contributed by atoms with Crippen LogP contribution < -0.4 is 9.47 Å². The van der Waals surface area contributed by atoms with Gasteiger partial charge in [0.1, 0.15) is 22.8 Å². The maximum atomic E-state index is 12.1. The number of allylic oxidation sites excluding steroid dienone is 6. The highest BCUT2D eigenvalue weighted by Crippen LogP contribution is 2.42. The van der Waals surface area contributed by atoms with Gasteiger partial charge in [-0.25, -0.2) is 0 Å². The molecule has 1 aliphatic heterocycles. The van der Waals surface area contributed by atoms with E-state index in [4.69, 9.17) is 14.7 Å². The number of aromatic hydroxyl groups is 1. The van der Waals surface area contributed by atoms with Crippen LogP contribution in [-0.4, -0.2) is 22.8 Å². The first-order valence-electron chi connectivity index (χ1n) is 10.4. The van der Waals surface area contributed by atoms with Gasteiger partial charge in [-0.2, -0.15) is 5.26 Å². The van der Waals surface area contributed by atoms with E-state index in [0.717, 1.165) is 31.3 Å². The number of phenols is 1. The lowest BCUT2D eigenvalue weighted by Crippen LogP contribution is -2.02. The number of phenolic OH excluding ortho intramolecular Hbond substituents is 1. The van der Waals surface area contributed by atoms with Gasteiger partial charge in [0.2, 0.25) is 5.78 Å². The molecular formula is C25H32O6. The largest absolute Gasteiger partial charge is 0.507 e. The predicted molar refractivity (Wildman–Crippen MR) is 121 cm³/mol. The molecule has 2 N–H and O–H groups in total. The number of Topliss-reactive ketones (excluding diaryl/α,β-unsaturated/α-hetero) is 1. The van der Waals surface area contributed by atoms with Gasteiger partial charge in [-0.1, -0.05) is 34.9 Å². The molecule has 31 heavy (non-hydrogen) atoms. The van der Waals surface area contributed by atoms with E-state index in [1.165, 1.54) is 17.2 Å². The molecule has 1 aromatic carbocycles. The van der Waals surface area contributed by atoms with Crippen molar-refractivity contribution in [2.24, 2.45) is 0 Å². The summed E-state index contributed by atoms with van der Waals surface area (Å²) in [6.45, 7) is 11.7. The van der Waals surface area contributed by atoms with Crippen LogP contribution in [0.25, 0.3) is 0 Å². The normalized spacial score (nSPS) is 13.5. The lowest BCUT2D eigenvalue weighted by Gasteiger charge is -2.14. The quantitative estimate of drug-likeness (QED) is 0.187. The summed E-state index contributed by atoms with van der Waals surface area (Å²) in [6.07, 6.45) is 10.8. The van der Waals surface area contributed by atoms with Crippen LogP contribution in [0.15, 0.2) is 53.5 Å². The monoisotopic (exact) mass is 428 g/mol.